The molecule has 0 aromatic heterocycles. The molecule has 0 radical (unpaired) electrons. The molecular weight excluding hydrogens is 144 g/mol. The summed E-state index contributed by atoms with van der Waals surface area (Å²) in [5.74, 6) is 5.33. The number of hydrogen-bond acceptors (Lipinski definition) is 0. The number of allylic oxidation sites excluding steroid dienone is 6. The molecule has 0 atom stereocenters. The normalized spacial score (nSPS) is 62.0. The minimum Gasteiger partial charge on any atom is -0.0842 e. The first-order chi connectivity index (χ1) is 5.95. The van der Waals surface area contributed by atoms with Gasteiger partial charge in [0.15, 0.2) is 0 Å². The first-order valence-corrected chi connectivity index (χ1v) is 5.00. The highest BCUT2D eigenvalue weighted by Crippen LogP contribution is 2.61. The van der Waals surface area contributed by atoms with Crippen molar-refractivity contribution < 1.29 is 0 Å². The first kappa shape index (κ1) is 5.80. The van der Waals surface area contributed by atoms with Crippen LogP contribution in [0.15, 0.2) is 36.5 Å². The molecule has 0 saturated heterocycles. The molecule has 0 nitrogen and oxygen atoms in total. The third-order valence-corrected chi connectivity index (χ3v) is 4.33. The van der Waals surface area contributed by atoms with E-state index in [9.17, 15) is 0 Å². The summed E-state index contributed by atoms with van der Waals surface area (Å²) in [5, 5.41) is 0. The van der Waals surface area contributed by atoms with Gasteiger partial charge in [0.1, 0.15) is 0 Å². The van der Waals surface area contributed by atoms with E-state index >= 15 is 0 Å². The van der Waals surface area contributed by atoms with Gasteiger partial charge in [0, 0.05) is 0 Å². The standard InChI is InChI=1S/C12H12/c1-3-8-9-5-6-11(9)12-7(1)2-4-10(8)12/h1-12H. The molecule has 4 rings (SSSR count). The van der Waals surface area contributed by atoms with Crippen LogP contribution in [0.3, 0.4) is 0 Å². The summed E-state index contributed by atoms with van der Waals surface area (Å²) in [4.78, 5) is 0. The first-order valence-electron chi connectivity index (χ1n) is 5.00. The molecule has 0 N–H and O–H groups in total. The molecular formula is C12H12. The van der Waals surface area contributed by atoms with Crippen molar-refractivity contribution in [1.29, 1.82) is 0 Å². The van der Waals surface area contributed by atoms with Crippen LogP contribution in [-0.4, -0.2) is 0 Å². The van der Waals surface area contributed by atoms with Crippen molar-refractivity contribution in [3.63, 3.8) is 0 Å². The lowest BCUT2D eigenvalue weighted by Gasteiger charge is -2.28. The highest BCUT2D eigenvalue weighted by atomic mass is 14.6. The SMILES string of the molecule is C1=CC2C3C=CC3C3C1C=CC23. The summed E-state index contributed by atoms with van der Waals surface area (Å²) in [7, 11) is 0. The van der Waals surface area contributed by atoms with Gasteiger partial charge >= 0.3 is 0 Å². The van der Waals surface area contributed by atoms with E-state index < -0.39 is 0 Å². The molecule has 4 aliphatic carbocycles. The van der Waals surface area contributed by atoms with Crippen LogP contribution in [0.2, 0.25) is 0 Å². The van der Waals surface area contributed by atoms with Crippen LogP contribution in [0.25, 0.3) is 0 Å². The lowest BCUT2D eigenvalue weighted by atomic mass is 9.76. The molecule has 12 heavy (non-hydrogen) atoms. The topological polar surface area (TPSA) is 0 Å². The van der Waals surface area contributed by atoms with Gasteiger partial charge < -0.3 is 0 Å². The summed E-state index contributed by atoms with van der Waals surface area (Å²) < 4.78 is 0. The Morgan fingerprint density at radius 2 is 1.00 bits per heavy atom. The fourth-order valence-electron chi connectivity index (χ4n) is 3.77. The second kappa shape index (κ2) is 1.61. The van der Waals surface area contributed by atoms with Gasteiger partial charge in [0.2, 0.25) is 0 Å². The smallest absolute Gasteiger partial charge is 0.00133 e. The zero-order valence-electron chi connectivity index (χ0n) is 6.93. The van der Waals surface area contributed by atoms with Gasteiger partial charge in [-0.05, 0) is 35.5 Å². The van der Waals surface area contributed by atoms with Crippen molar-refractivity contribution in [3.05, 3.63) is 36.5 Å². The highest BCUT2D eigenvalue weighted by Gasteiger charge is 2.55. The fraction of sp³-hybridized carbons (Fsp3) is 0.500. The van der Waals surface area contributed by atoms with E-state index in [-0.39, 0.29) is 0 Å². The lowest BCUT2D eigenvalue weighted by molar-refractivity contribution is 0.332. The fourth-order valence-corrected chi connectivity index (χ4v) is 3.77. The average Bonchev–Trinajstić information content (AvgIpc) is 2.33. The quantitative estimate of drug-likeness (QED) is 0.472. The minimum atomic E-state index is 0.784. The van der Waals surface area contributed by atoms with E-state index in [1.54, 1.807) is 0 Å². The Bertz CT molecular complexity index is 321. The Balaban J connectivity index is 1.94. The van der Waals surface area contributed by atoms with E-state index in [0.29, 0.717) is 0 Å². The molecule has 0 aliphatic heterocycles. The van der Waals surface area contributed by atoms with Crippen molar-refractivity contribution in [2.45, 2.75) is 0 Å². The maximum Gasteiger partial charge on any atom is -0.00133 e. The Morgan fingerprint density at radius 3 is 1.58 bits per heavy atom. The Kier molecular flexibility index (Phi) is 0.778. The summed E-state index contributed by atoms with van der Waals surface area (Å²) in [6.07, 6.45) is 14.7. The van der Waals surface area contributed by atoms with Crippen molar-refractivity contribution >= 4 is 0 Å². The summed E-state index contributed by atoms with van der Waals surface area (Å²) in [6.45, 7) is 0. The second-order valence-electron chi connectivity index (χ2n) is 4.62. The third kappa shape index (κ3) is 0.426. The molecule has 0 aromatic rings. The van der Waals surface area contributed by atoms with Crippen molar-refractivity contribution in [2.24, 2.45) is 35.5 Å². The van der Waals surface area contributed by atoms with Crippen molar-refractivity contribution in [3.8, 4) is 0 Å². The predicted octanol–water partition coefficient (Wildman–Crippen LogP) is 2.41. The van der Waals surface area contributed by atoms with Crippen molar-refractivity contribution in [1.82, 2.24) is 0 Å². The van der Waals surface area contributed by atoms with E-state index in [0.717, 1.165) is 35.5 Å². The van der Waals surface area contributed by atoms with Crippen molar-refractivity contribution in [2.75, 3.05) is 0 Å². The van der Waals surface area contributed by atoms with Crippen LogP contribution in [0.1, 0.15) is 0 Å². The van der Waals surface area contributed by atoms with Crippen LogP contribution in [0, 0.1) is 35.5 Å². The molecule has 0 amide bonds. The second-order valence-corrected chi connectivity index (χ2v) is 4.62. The van der Waals surface area contributed by atoms with Gasteiger partial charge in [-0.1, -0.05) is 36.5 Å². The number of fused-ring (bicyclic) bond motifs is 2. The molecule has 0 heteroatoms. The van der Waals surface area contributed by atoms with Gasteiger partial charge in [-0.3, -0.25) is 0 Å². The molecule has 4 aliphatic rings. The molecule has 0 unspecified atom stereocenters. The Labute approximate surface area is 72.7 Å². The number of hydrogen-bond donors (Lipinski definition) is 0. The molecule has 0 aromatic carbocycles. The van der Waals surface area contributed by atoms with Gasteiger partial charge in [0.05, 0.1) is 0 Å². The molecule has 0 heterocycles. The average molecular weight is 156 g/mol. The van der Waals surface area contributed by atoms with E-state index in [1.807, 2.05) is 0 Å². The zero-order chi connectivity index (χ0) is 7.71. The van der Waals surface area contributed by atoms with Gasteiger partial charge in [-0.25, -0.2) is 0 Å². The highest BCUT2D eigenvalue weighted by molar-refractivity contribution is 5.34. The van der Waals surface area contributed by atoms with E-state index in [2.05, 4.69) is 36.5 Å². The maximum atomic E-state index is 2.47. The summed E-state index contributed by atoms with van der Waals surface area (Å²) in [6, 6.07) is 0. The molecule has 60 valence electrons. The lowest BCUT2D eigenvalue weighted by Crippen LogP contribution is -2.22. The number of rotatable bonds is 0. The molecule has 4 bridgehead atoms. The Morgan fingerprint density at radius 1 is 0.500 bits per heavy atom. The molecule has 1 saturated carbocycles. The maximum absolute atomic E-state index is 2.47. The minimum absolute atomic E-state index is 0.784. The Hall–Kier alpha value is -0.780. The summed E-state index contributed by atoms with van der Waals surface area (Å²) in [5.41, 5.74) is 0. The van der Waals surface area contributed by atoms with Crippen LogP contribution in [0.5, 0.6) is 0 Å². The van der Waals surface area contributed by atoms with Gasteiger partial charge in [0.25, 0.3) is 0 Å². The van der Waals surface area contributed by atoms with Crippen LogP contribution >= 0.6 is 0 Å². The molecule has 0 spiro atoms. The zero-order valence-corrected chi connectivity index (χ0v) is 6.93. The van der Waals surface area contributed by atoms with Crippen LogP contribution in [0.4, 0.5) is 0 Å². The van der Waals surface area contributed by atoms with Gasteiger partial charge in [-0.15, -0.1) is 0 Å². The molecule has 1 fully saturated rings. The van der Waals surface area contributed by atoms with Crippen LogP contribution in [-0.2, 0) is 0 Å². The monoisotopic (exact) mass is 156 g/mol. The largest absolute Gasteiger partial charge is 0.0842 e. The van der Waals surface area contributed by atoms with Crippen LogP contribution < -0.4 is 0 Å². The van der Waals surface area contributed by atoms with E-state index in [4.69, 9.17) is 0 Å². The van der Waals surface area contributed by atoms with E-state index in [1.165, 1.54) is 0 Å². The third-order valence-electron chi connectivity index (χ3n) is 4.33. The van der Waals surface area contributed by atoms with Gasteiger partial charge in [-0.2, -0.15) is 0 Å². The summed E-state index contributed by atoms with van der Waals surface area (Å²) >= 11 is 0. The predicted molar refractivity (Wildman–Crippen MR) is 48.4 cm³/mol.